The van der Waals surface area contributed by atoms with Crippen LogP contribution < -0.4 is 9.47 Å². The number of ether oxygens (including phenoxy) is 4. The summed E-state index contributed by atoms with van der Waals surface area (Å²) in [5.41, 5.74) is 1.75. The van der Waals surface area contributed by atoms with E-state index in [2.05, 4.69) is 13.2 Å². The summed E-state index contributed by atoms with van der Waals surface area (Å²) in [6, 6.07) is 7.42. The van der Waals surface area contributed by atoms with Gasteiger partial charge in [0.25, 0.3) is 0 Å². The second-order valence-corrected chi connectivity index (χ2v) is 7.02. The number of carboxylic acids is 1. The SMILES string of the molecule is C=CC(=O)OCCOc1c2c(c(OCCOC(=O)C=C)c3ccccc13)CC(C(=O)O)=CC2. The number of benzene rings is 2. The summed E-state index contributed by atoms with van der Waals surface area (Å²) >= 11 is 0. The molecule has 1 N–H and O–H groups in total. The molecule has 0 aliphatic heterocycles. The average Bonchev–Trinajstić information content (AvgIpc) is 2.83. The number of hydrogen-bond acceptors (Lipinski definition) is 7. The molecule has 0 aromatic heterocycles. The Bertz CT molecular complexity index is 1130. The van der Waals surface area contributed by atoms with Gasteiger partial charge >= 0.3 is 17.9 Å². The number of fused-ring (bicyclic) bond motifs is 2. The third-order valence-corrected chi connectivity index (χ3v) is 5.00. The zero-order valence-electron chi connectivity index (χ0n) is 18.0. The van der Waals surface area contributed by atoms with Crippen molar-refractivity contribution < 1.29 is 38.4 Å². The van der Waals surface area contributed by atoms with Gasteiger partial charge in [0.15, 0.2) is 0 Å². The van der Waals surface area contributed by atoms with E-state index >= 15 is 0 Å². The molecule has 0 heterocycles. The summed E-state index contributed by atoms with van der Waals surface area (Å²) < 4.78 is 22.0. The standard InChI is InChI=1S/C25H24O8/c1-3-21(26)30-11-13-32-23-17-7-5-6-8-18(17)24(33-14-12-31-22(27)4-2)20-15-16(25(28)29)9-10-19(20)23/h3-9H,1-2,10-15H2,(H,28,29). The molecule has 2 aromatic rings. The van der Waals surface area contributed by atoms with Crippen molar-refractivity contribution in [2.75, 3.05) is 26.4 Å². The van der Waals surface area contributed by atoms with Crippen molar-refractivity contribution in [3.63, 3.8) is 0 Å². The van der Waals surface area contributed by atoms with Crippen molar-refractivity contribution in [2.45, 2.75) is 12.8 Å². The Kier molecular flexibility index (Phi) is 7.86. The van der Waals surface area contributed by atoms with Gasteiger partial charge in [0.2, 0.25) is 0 Å². The van der Waals surface area contributed by atoms with Crippen LogP contribution in [-0.2, 0) is 36.7 Å². The molecule has 8 heteroatoms. The molecule has 0 radical (unpaired) electrons. The molecule has 0 fully saturated rings. The number of carboxylic acid groups (broad SMARTS) is 1. The van der Waals surface area contributed by atoms with Gasteiger partial charge in [-0.25, -0.2) is 14.4 Å². The Labute approximate surface area is 190 Å². The van der Waals surface area contributed by atoms with Gasteiger partial charge < -0.3 is 24.1 Å². The minimum atomic E-state index is -1.00. The predicted octanol–water partition coefficient (Wildman–Crippen LogP) is 3.17. The number of carbonyl (C=O) groups is 3. The average molecular weight is 452 g/mol. The monoisotopic (exact) mass is 452 g/mol. The summed E-state index contributed by atoms with van der Waals surface area (Å²) in [6.45, 7) is 6.96. The minimum Gasteiger partial charge on any atom is -0.489 e. The Morgan fingerprint density at radius 3 is 1.85 bits per heavy atom. The number of esters is 2. The molecule has 3 rings (SSSR count). The van der Waals surface area contributed by atoms with Gasteiger partial charge in [0.1, 0.15) is 37.9 Å². The molecular formula is C25H24O8. The van der Waals surface area contributed by atoms with Crippen LogP contribution in [0.2, 0.25) is 0 Å². The molecule has 1 aliphatic carbocycles. The molecule has 0 saturated carbocycles. The third kappa shape index (κ3) is 5.60. The summed E-state index contributed by atoms with van der Waals surface area (Å²) in [5, 5.41) is 11.0. The van der Waals surface area contributed by atoms with Crippen molar-refractivity contribution >= 4 is 28.7 Å². The predicted molar refractivity (Wildman–Crippen MR) is 120 cm³/mol. The van der Waals surface area contributed by atoms with Crippen LogP contribution in [0.25, 0.3) is 10.8 Å². The Morgan fingerprint density at radius 2 is 1.36 bits per heavy atom. The van der Waals surface area contributed by atoms with Crippen molar-refractivity contribution in [1.29, 1.82) is 0 Å². The van der Waals surface area contributed by atoms with Crippen LogP contribution in [0.15, 0.2) is 61.2 Å². The fourth-order valence-electron chi connectivity index (χ4n) is 3.55. The van der Waals surface area contributed by atoms with Gasteiger partial charge in [-0.05, 0) is 6.42 Å². The Morgan fingerprint density at radius 1 is 0.848 bits per heavy atom. The molecule has 0 saturated heterocycles. The zero-order chi connectivity index (χ0) is 23.8. The molecular weight excluding hydrogens is 428 g/mol. The molecule has 172 valence electrons. The van der Waals surface area contributed by atoms with Crippen LogP contribution in [0.1, 0.15) is 11.1 Å². The first-order chi connectivity index (χ1) is 16.0. The third-order valence-electron chi connectivity index (χ3n) is 5.00. The van der Waals surface area contributed by atoms with Crippen LogP contribution in [0, 0.1) is 0 Å². The summed E-state index contributed by atoms with van der Waals surface area (Å²) in [6.07, 6.45) is 4.29. The highest BCUT2D eigenvalue weighted by molar-refractivity contribution is 5.98. The fraction of sp³-hybridized carbons (Fsp3) is 0.240. The van der Waals surface area contributed by atoms with Crippen molar-refractivity contribution in [3.8, 4) is 11.5 Å². The molecule has 0 unspecified atom stereocenters. The highest BCUT2D eigenvalue weighted by Crippen LogP contribution is 2.44. The first-order valence-corrected chi connectivity index (χ1v) is 10.3. The maximum atomic E-state index is 11.6. The van der Waals surface area contributed by atoms with Crippen molar-refractivity contribution in [3.05, 3.63) is 72.4 Å². The Hall–Kier alpha value is -4.07. The lowest BCUT2D eigenvalue weighted by atomic mass is 9.87. The Balaban J connectivity index is 1.96. The van der Waals surface area contributed by atoms with Crippen molar-refractivity contribution in [2.24, 2.45) is 0 Å². The van der Waals surface area contributed by atoms with Gasteiger partial charge in [-0.15, -0.1) is 0 Å². The smallest absolute Gasteiger partial charge is 0.331 e. The quantitative estimate of drug-likeness (QED) is 0.315. The maximum absolute atomic E-state index is 11.6. The van der Waals surface area contributed by atoms with Gasteiger partial charge in [0.05, 0.1) is 0 Å². The largest absolute Gasteiger partial charge is 0.489 e. The summed E-state index contributed by atoms with van der Waals surface area (Å²) in [7, 11) is 0. The van der Waals surface area contributed by atoms with Gasteiger partial charge in [0, 0.05) is 46.0 Å². The topological polar surface area (TPSA) is 108 Å². The van der Waals surface area contributed by atoms with E-state index in [4.69, 9.17) is 18.9 Å². The van der Waals surface area contributed by atoms with E-state index in [-0.39, 0.29) is 38.4 Å². The number of rotatable bonds is 11. The van der Waals surface area contributed by atoms with E-state index in [1.165, 1.54) is 0 Å². The van der Waals surface area contributed by atoms with E-state index in [1.54, 1.807) is 6.08 Å². The highest BCUT2D eigenvalue weighted by Gasteiger charge is 2.26. The van der Waals surface area contributed by atoms with E-state index < -0.39 is 17.9 Å². The first kappa shape index (κ1) is 23.6. The number of allylic oxidation sites excluding steroid dienone is 1. The number of hydrogen-bond donors (Lipinski definition) is 1. The lowest BCUT2D eigenvalue weighted by Gasteiger charge is -2.25. The molecule has 0 atom stereocenters. The fourth-order valence-corrected chi connectivity index (χ4v) is 3.55. The second-order valence-electron chi connectivity index (χ2n) is 7.02. The maximum Gasteiger partial charge on any atom is 0.331 e. The molecule has 0 spiro atoms. The molecule has 0 amide bonds. The number of carbonyl (C=O) groups excluding carboxylic acids is 2. The van der Waals surface area contributed by atoms with Crippen LogP contribution in [0.5, 0.6) is 11.5 Å². The van der Waals surface area contributed by atoms with Crippen LogP contribution in [-0.4, -0.2) is 49.4 Å². The second kappa shape index (κ2) is 11.0. The van der Waals surface area contributed by atoms with Crippen molar-refractivity contribution in [1.82, 2.24) is 0 Å². The molecule has 33 heavy (non-hydrogen) atoms. The number of aliphatic carboxylic acids is 1. The van der Waals surface area contributed by atoms with Crippen LogP contribution in [0.4, 0.5) is 0 Å². The van der Waals surface area contributed by atoms with E-state index in [0.717, 1.165) is 28.5 Å². The zero-order valence-corrected chi connectivity index (χ0v) is 18.0. The highest BCUT2D eigenvalue weighted by atomic mass is 16.6. The van der Waals surface area contributed by atoms with Gasteiger partial charge in [-0.2, -0.15) is 0 Å². The molecule has 0 bridgehead atoms. The van der Waals surface area contributed by atoms with Gasteiger partial charge in [-0.3, -0.25) is 0 Å². The van der Waals surface area contributed by atoms with Gasteiger partial charge in [-0.1, -0.05) is 43.5 Å². The van der Waals surface area contributed by atoms with E-state index in [9.17, 15) is 19.5 Å². The molecule has 1 aliphatic rings. The molecule has 8 nitrogen and oxygen atoms in total. The van der Waals surface area contributed by atoms with E-state index in [0.29, 0.717) is 23.5 Å². The van der Waals surface area contributed by atoms with Crippen LogP contribution in [0.3, 0.4) is 0 Å². The van der Waals surface area contributed by atoms with E-state index in [1.807, 2.05) is 24.3 Å². The first-order valence-electron chi connectivity index (χ1n) is 10.3. The molecule has 2 aromatic carbocycles. The normalized spacial score (nSPS) is 12.2. The summed E-state index contributed by atoms with van der Waals surface area (Å²) in [4.78, 5) is 34.2. The summed E-state index contributed by atoms with van der Waals surface area (Å²) in [5.74, 6) is -0.990. The van der Waals surface area contributed by atoms with Crippen LogP contribution >= 0.6 is 0 Å². The minimum absolute atomic E-state index is 0.0164. The lowest BCUT2D eigenvalue weighted by molar-refractivity contribution is -0.139. The lowest BCUT2D eigenvalue weighted by Crippen LogP contribution is -2.17.